The van der Waals surface area contributed by atoms with Crippen LogP contribution in [0.5, 0.6) is 5.75 Å². The van der Waals surface area contributed by atoms with Crippen molar-refractivity contribution in [3.8, 4) is 5.75 Å². The molecule has 0 aliphatic rings. The van der Waals surface area contributed by atoms with Crippen LogP contribution in [0.25, 0.3) is 0 Å². The summed E-state index contributed by atoms with van der Waals surface area (Å²) in [7, 11) is 0. The molecule has 2 aromatic rings. The van der Waals surface area contributed by atoms with Crippen molar-refractivity contribution in [1.82, 2.24) is 0 Å². The molecule has 0 aliphatic carbocycles. The van der Waals surface area contributed by atoms with Crippen LogP contribution in [0, 0.1) is 0 Å². The van der Waals surface area contributed by atoms with Crippen LogP contribution in [0.15, 0.2) is 42.5 Å². The Morgan fingerprint density at radius 3 is 2.50 bits per heavy atom. The number of ether oxygens (including phenoxy) is 1. The van der Waals surface area contributed by atoms with Gasteiger partial charge in [0.25, 0.3) is 0 Å². The molecule has 0 atom stereocenters. The third kappa shape index (κ3) is 3.85. The van der Waals surface area contributed by atoms with Crippen LogP contribution in [-0.2, 0) is 0 Å². The van der Waals surface area contributed by atoms with Gasteiger partial charge in [0.2, 0.25) is 0 Å². The van der Waals surface area contributed by atoms with Crippen LogP contribution in [0.3, 0.4) is 0 Å². The minimum Gasteiger partial charge on any atom is -0.406 e. The van der Waals surface area contributed by atoms with Gasteiger partial charge in [-0.2, -0.15) is 0 Å². The monoisotopic (exact) mass is 328 g/mol. The lowest BCUT2D eigenvalue weighted by atomic mass is 9.99. The molecule has 0 fully saturated rings. The maximum atomic E-state index is 12.3. The Hall–Kier alpha value is -2.34. The van der Waals surface area contributed by atoms with Gasteiger partial charge >= 0.3 is 6.36 Å². The first-order chi connectivity index (χ1) is 10.3. The van der Waals surface area contributed by atoms with Gasteiger partial charge in [-0.15, -0.1) is 13.2 Å². The number of carbonyl (C=O) groups is 2. The van der Waals surface area contributed by atoms with Gasteiger partial charge in [-0.3, -0.25) is 9.59 Å². The zero-order valence-electron chi connectivity index (χ0n) is 10.9. The number of hydrogen-bond acceptors (Lipinski definition) is 3. The third-order valence-corrected chi connectivity index (χ3v) is 2.95. The zero-order chi connectivity index (χ0) is 16.3. The topological polar surface area (TPSA) is 43.4 Å². The minimum atomic E-state index is -4.86. The minimum absolute atomic E-state index is 0.00617. The van der Waals surface area contributed by atoms with Gasteiger partial charge in [0, 0.05) is 21.7 Å². The second-order valence-electron chi connectivity index (χ2n) is 4.25. The van der Waals surface area contributed by atoms with E-state index in [9.17, 15) is 22.8 Å². The number of ketones is 1. The molecule has 0 heterocycles. The zero-order valence-corrected chi connectivity index (χ0v) is 11.6. The van der Waals surface area contributed by atoms with Gasteiger partial charge < -0.3 is 4.74 Å². The molecule has 0 radical (unpaired) electrons. The summed E-state index contributed by atoms with van der Waals surface area (Å²) in [6, 6.07) is 8.67. The van der Waals surface area contributed by atoms with Gasteiger partial charge in [-0.1, -0.05) is 23.7 Å². The molecular formula is C15H8ClF3O3. The average Bonchev–Trinajstić information content (AvgIpc) is 2.45. The van der Waals surface area contributed by atoms with Crippen molar-refractivity contribution >= 4 is 23.7 Å². The van der Waals surface area contributed by atoms with E-state index in [1.54, 1.807) is 0 Å². The molecule has 3 nitrogen and oxygen atoms in total. The fourth-order valence-corrected chi connectivity index (χ4v) is 1.99. The van der Waals surface area contributed by atoms with Crippen molar-refractivity contribution in [2.75, 3.05) is 0 Å². The second-order valence-corrected chi connectivity index (χ2v) is 4.69. The average molecular weight is 329 g/mol. The lowest BCUT2D eigenvalue weighted by Crippen LogP contribution is -2.17. The normalized spacial score (nSPS) is 11.1. The van der Waals surface area contributed by atoms with Crippen molar-refractivity contribution in [1.29, 1.82) is 0 Å². The van der Waals surface area contributed by atoms with E-state index in [4.69, 9.17) is 11.6 Å². The van der Waals surface area contributed by atoms with Crippen molar-refractivity contribution < 1.29 is 27.5 Å². The molecule has 0 aliphatic heterocycles. The van der Waals surface area contributed by atoms with Gasteiger partial charge in [0.15, 0.2) is 12.1 Å². The molecular weight excluding hydrogens is 321 g/mol. The number of halogens is 4. The van der Waals surface area contributed by atoms with E-state index in [1.807, 2.05) is 0 Å². The van der Waals surface area contributed by atoms with Crippen LogP contribution < -0.4 is 4.74 Å². The summed E-state index contributed by atoms with van der Waals surface area (Å²) in [5.74, 6) is -1.15. The quantitative estimate of drug-likeness (QED) is 0.621. The second kappa shape index (κ2) is 6.19. The number of alkyl halides is 3. The molecule has 2 aromatic carbocycles. The summed E-state index contributed by atoms with van der Waals surface area (Å²) in [4.78, 5) is 23.3. The summed E-state index contributed by atoms with van der Waals surface area (Å²) >= 11 is 5.78. The number of hydrogen-bond donors (Lipinski definition) is 0. The van der Waals surface area contributed by atoms with Crippen LogP contribution in [0.4, 0.5) is 13.2 Å². The van der Waals surface area contributed by atoms with Gasteiger partial charge in [-0.25, -0.2) is 0 Å². The van der Waals surface area contributed by atoms with Crippen LogP contribution in [0.1, 0.15) is 26.3 Å². The van der Waals surface area contributed by atoms with Crippen LogP contribution in [0.2, 0.25) is 5.02 Å². The van der Waals surface area contributed by atoms with E-state index in [2.05, 4.69) is 4.74 Å². The van der Waals surface area contributed by atoms with E-state index >= 15 is 0 Å². The predicted molar refractivity (Wildman–Crippen MR) is 73.4 cm³/mol. The molecule has 0 unspecified atom stereocenters. The van der Waals surface area contributed by atoms with Crippen molar-refractivity contribution in [2.24, 2.45) is 0 Å². The number of carbonyl (C=O) groups excluding carboxylic acids is 2. The molecule has 0 spiro atoms. The molecule has 22 heavy (non-hydrogen) atoms. The number of aldehydes is 1. The molecule has 0 N–H and O–H groups in total. The number of benzene rings is 2. The fraction of sp³-hybridized carbons (Fsp3) is 0.0667. The molecule has 2 rings (SSSR count). The number of rotatable bonds is 4. The van der Waals surface area contributed by atoms with Gasteiger partial charge in [0.05, 0.1) is 0 Å². The van der Waals surface area contributed by atoms with Crippen LogP contribution in [-0.4, -0.2) is 18.4 Å². The van der Waals surface area contributed by atoms with Crippen molar-refractivity contribution in [2.45, 2.75) is 6.36 Å². The first kappa shape index (κ1) is 16.0. The highest BCUT2D eigenvalue weighted by atomic mass is 35.5. The summed E-state index contributed by atoms with van der Waals surface area (Å²) in [5.41, 5.74) is 0.0512. The maximum absolute atomic E-state index is 12.3. The summed E-state index contributed by atoms with van der Waals surface area (Å²) in [6.45, 7) is 0. The van der Waals surface area contributed by atoms with E-state index in [-0.39, 0.29) is 21.7 Å². The van der Waals surface area contributed by atoms with Gasteiger partial charge in [0.1, 0.15) is 5.75 Å². The Kier molecular flexibility index (Phi) is 4.51. The summed E-state index contributed by atoms with van der Waals surface area (Å²) in [5, 5.41) is 0.233. The Balaban J connectivity index is 2.40. The highest BCUT2D eigenvalue weighted by Crippen LogP contribution is 2.25. The predicted octanol–water partition coefficient (Wildman–Crippen LogP) is 4.28. The molecule has 0 saturated heterocycles. The first-order valence-electron chi connectivity index (χ1n) is 5.95. The van der Waals surface area contributed by atoms with E-state index in [0.29, 0.717) is 6.29 Å². The highest BCUT2D eigenvalue weighted by Gasteiger charge is 2.31. The molecule has 0 amide bonds. The van der Waals surface area contributed by atoms with E-state index < -0.39 is 17.9 Å². The largest absolute Gasteiger partial charge is 0.573 e. The highest BCUT2D eigenvalue weighted by molar-refractivity contribution is 6.31. The molecule has 0 saturated carbocycles. The third-order valence-electron chi connectivity index (χ3n) is 2.72. The van der Waals surface area contributed by atoms with E-state index in [1.165, 1.54) is 30.3 Å². The lowest BCUT2D eigenvalue weighted by Gasteiger charge is -2.10. The standard InChI is InChI=1S/C15H8ClF3O3/c16-11-5-4-10(8-20)13(7-11)14(21)9-2-1-3-12(6-9)22-15(17,18)19/h1-8H. The Morgan fingerprint density at radius 2 is 1.86 bits per heavy atom. The summed E-state index contributed by atoms with van der Waals surface area (Å²) < 4.78 is 40.4. The Bertz CT molecular complexity index is 726. The molecule has 114 valence electrons. The fourth-order valence-electron chi connectivity index (χ4n) is 1.82. The van der Waals surface area contributed by atoms with Crippen molar-refractivity contribution in [3.05, 3.63) is 64.2 Å². The molecule has 0 aromatic heterocycles. The van der Waals surface area contributed by atoms with E-state index in [0.717, 1.165) is 12.1 Å². The Morgan fingerprint density at radius 1 is 1.14 bits per heavy atom. The molecule has 7 heteroatoms. The van der Waals surface area contributed by atoms with Crippen molar-refractivity contribution in [3.63, 3.8) is 0 Å². The lowest BCUT2D eigenvalue weighted by molar-refractivity contribution is -0.274. The smallest absolute Gasteiger partial charge is 0.406 e. The van der Waals surface area contributed by atoms with Crippen LogP contribution >= 0.6 is 11.6 Å². The maximum Gasteiger partial charge on any atom is 0.573 e. The SMILES string of the molecule is O=Cc1ccc(Cl)cc1C(=O)c1cccc(OC(F)(F)F)c1. The van der Waals surface area contributed by atoms with Gasteiger partial charge in [-0.05, 0) is 30.3 Å². The summed E-state index contributed by atoms with van der Waals surface area (Å²) in [6.07, 6.45) is -4.38. The molecule has 0 bridgehead atoms. The first-order valence-corrected chi connectivity index (χ1v) is 6.33. The Labute approximate surface area is 128 Å².